The van der Waals surface area contributed by atoms with Crippen LogP contribution in [0.3, 0.4) is 0 Å². The molecule has 4 rings (SSSR count). The maximum Gasteiger partial charge on any atom is 0.426 e. The van der Waals surface area contributed by atoms with Crippen molar-refractivity contribution in [3.63, 3.8) is 0 Å². The van der Waals surface area contributed by atoms with E-state index in [0.717, 1.165) is 0 Å². The normalized spacial score (nSPS) is 37.2. The van der Waals surface area contributed by atoms with Crippen molar-refractivity contribution in [2.75, 3.05) is 0 Å². The number of aliphatic hydroxyl groups is 2. The van der Waals surface area contributed by atoms with Crippen LogP contribution in [0.5, 0.6) is 0 Å². The molecule has 4 nitrogen and oxygen atoms in total. The molecule has 184 valence electrons. The van der Waals surface area contributed by atoms with Crippen LogP contribution in [0, 0.1) is 16.7 Å². The monoisotopic (exact) mass is 484 g/mol. The fraction of sp³-hybridized carbons (Fsp3) is 0.842. The number of rotatable bonds is 4. The fourth-order valence-corrected chi connectivity index (χ4v) is 6.73. The summed E-state index contributed by atoms with van der Waals surface area (Å²) in [7, 11) is 0. The first-order valence-electron chi connectivity index (χ1n) is 9.61. The van der Waals surface area contributed by atoms with E-state index in [0.29, 0.717) is 6.08 Å². The van der Waals surface area contributed by atoms with Crippen molar-refractivity contribution >= 4 is 5.97 Å². The fourth-order valence-electron chi connectivity index (χ4n) is 6.73. The van der Waals surface area contributed by atoms with E-state index in [4.69, 9.17) is 4.74 Å². The molecule has 0 aromatic heterocycles. The first-order chi connectivity index (χ1) is 14.1. The van der Waals surface area contributed by atoms with E-state index in [1.54, 1.807) is 0 Å². The highest BCUT2D eigenvalue weighted by Crippen LogP contribution is 2.76. The van der Waals surface area contributed by atoms with Crippen molar-refractivity contribution in [2.45, 2.75) is 80.8 Å². The van der Waals surface area contributed by atoms with E-state index in [-0.39, 0.29) is 13.3 Å². The Bertz CT molecular complexity index is 801. The van der Waals surface area contributed by atoms with Crippen LogP contribution in [0.1, 0.15) is 45.4 Å². The third-order valence-electron chi connectivity index (χ3n) is 7.67. The molecule has 2 N–H and O–H groups in total. The summed E-state index contributed by atoms with van der Waals surface area (Å²) in [5.41, 5.74) is -17.0. The minimum Gasteiger partial charge on any atom is -0.456 e. The number of hydrogen-bond donors (Lipinski definition) is 2. The van der Waals surface area contributed by atoms with Crippen molar-refractivity contribution in [3.8, 4) is 0 Å². The summed E-state index contributed by atoms with van der Waals surface area (Å²) in [6.07, 6.45) is -22.6. The largest absolute Gasteiger partial charge is 0.456 e. The third-order valence-corrected chi connectivity index (χ3v) is 7.67. The lowest BCUT2D eigenvalue weighted by molar-refractivity contribution is -0.436. The molecule has 4 fully saturated rings. The molecule has 5 atom stereocenters. The van der Waals surface area contributed by atoms with Gasteiger partial charge in [-0.2, -0.15) is 39.5 Å². The quantitative estimate of drug-likeness (QED) is 0.348. The van der Waals surface area contributed by atoms with E-state index in [9.17, 15) is 54.5 Å². The van der Waals surface area contributed by atoms with Gasteiger partial charge in [0, 0.05) is 16.9 Å². The minimum atomic E-state index is -6.30. The summed E-state index contributed by atoms with van der Waals surface area (Å²) in [6, 6.07) is 0. The Balaban J connectivity index is 2.30. The molecule has 4 saturated carbocycles. The van der Waals surface area contributed by atoms with Gasteiger partial charge in [0.15, 0.2) is 5.60 Å². The highest BCUT2D eigenvalue weighted by Gasteiger charge is 2.85. The molecule has 0 radical (unpaired) electrons. The standard InChI is InChI=1S/C19H21F9O4/c1-3-11(29)32-15-6-10-4-13(8-15,12(2,30)17(20,21)22)7-14(5-10,9-15)16(31,18(23,24)25)19(26,27)28/h3,10,30-31H,1,4-9H2,2H3. The summed E-state index contributed by atoms with van der Waals surface area (Å²) in [4.78, 5) is 11.9. The number of carbonyl (C=O) groups excluding carboxylic acids is 1. The predicted molar refractivity (Wildman–Crippen MR) is 88.8 cm³/mol. The third kappa shape index (κ3) is 3.09. The number of esters is 1. The van der Waals surface area contributed by atoms with Crippen LogP contribution < -0.4 is 0 Å². The van der Waals surface area contributed by atoms with Gasteiger partial charge in [0.25, 0.3) is 5.60 Å². The molecular formula is C19H21F9O4. The van der Waals surface area contributed by atoms with Crippen molar-refractivity contribution in [1.29, 1.82) is 0 Å². The summed E-state index contributed by atoms with van der Waals surface area (Å²) in [6.45, 7) is 3.38. The molecular weight excluding hydrogens is 463 g/mol. The number of halogens is 9. The number of hydrogen-bond acceptors (Lipinski definition) is 4. The minimum absolute atomic E-state index is 0.289. The molecule has 0 amide bonds. The van der Waals surface area contributed by atoms with Gasteiger partial charge < -0.3 is 14.9 Å². The summed E-state index contributed by atoms with van der Waals surface area (Å²) >= 11 is 0. The Labute approximate surface area is 176 Å². The van der Waals surface area contributed by atoms with Crippen LogP contribution in [0.2, 0.25) is 0 Å². The maximum atomic E-state index is 13.8. The predicted octanol–water partition coefficient (Wildman–Crippen LogP) is 4.59. The van der Waals surface area contributed by atoms with Crippen LogP contribution in [-0.2, 0) is 9.53 Å². The second kappa shape index (κ2) is 6.55. The summed E-state index contributed by atoms with van der Waals surface area (Å²) in [5, 5.41) is 20.7. The van der Waals surface area contributed by atoms with Crippen LogP contribution >= 0.6 is 0 Å². The lowest BCUT2D eigenvalue weighted by atomic mass is 9.36. The molecule has 4 bridgehead atoms. The van der Waals surface area contributed by atoms with Gasteiger partial charge in [-0.15, -0.1) is 0 Å². The molecule has 4 aliphatic carbocycles. The van der Waals surface area contributed by atoms with Gasteiger partial charge in [0.2, 0.25) is 0 Å². The smallest absolute Gasteiger partial charge is 0.426 e. The van der Waals surface area contributed by atoms with Crippen molar-refractivity contribution in [1.82, 2.24) is 0 Å². The van der Waals surface area contributed by atoms with Gasteiger partial charge in [0.05, 0.1) is 0 Å². The van der Waals surface area contributed by atoms with Gasteiger partial charge in [-0.3, -0.25) is 0 Å². The number of carbonyl (C=O) groups is 1. The lowest BCUT2D eigenvalue weighted by Crippen LogP contribution is -2.78. The van der Waals surface area contributed by atoms with E-state index < -0.39 is 90.2 Å². The van der Waals surface area contributed by atoms with Crippen LogP contribution in [-0.4, -0.2) is 51.5 Å². The number of alkyl halides is 9. The Morgan fingerprint density at radius 3 is 1.78 bits per heavy atom. The molecule has 32 heavy (non-hydrogen) atoms. The van der Waals surface area contributed by atoms with Crippen molar-refractivity contribution in [3.05, 3.63) is 12.7 Å². The van der Waals surface area contributed by atoms with Gasteiger partial charge in [-0.1, -0.05) is 6.58 Å². The summed E-state index contributed by atoms with van der Waals surface area (Å²) in [5.74, 6) is -2.44. The van der Waals surface area contributed by atoms with Crippen LogP contribution in [0.15, 0.2) is 12.7 Å². The molecule has 0 heterocycles. The zero-order valence-electron chi connectivity index (χ0n) is 16.7. The zero-order chi connectivity index (χ0) is 24.8. The highest BCUT2D eigenvalue weighted by atomic mass is 19.4. The van der Waals surface area contributed by atoms with Crippen molar-refractivity contribution in [2.24, 2.45) is 16.7 Å². The molecule has 5 unspecified atom stereocenters. The molecule has 0 aliphatic heterocycles. The van der Waals surface area contributed by atoms with E-state index in [1.807, 2.05) is 0 Å². The topological polar surface area (TPSA) is 66.8 Å². The first-order valence-corrected chi connectivity index (χ1v) is 9.61. The molecule has 0 spiro atoms. The average Bonchev–Trinajstić information content (AvgIpc) is 2.56. The Morgan fingerprint density at radius 2 is 1.34 bits per heavy atom. The van der Waals surface area contributed by atoms with Gasteiger partial charge in [-0.25, -0.2) is 4.79 Å². The van der Waals surface area contributed by atoms with E-state index >= 15 is 0 Å². The molecule has 13 heteroatoms. The summed E-state index contributed by atoms with van der Waals surface area (Å²) < 4.78 is 130. The second-order valence-electron chi connectivity index (χ2n) is 9.65. The zero-order valence-corrected chi connectivity index (χ0v) is 16.7. The second-order valence-corrected chi connectivity index (χ2v) is 9.65. The van der Waals surface area contributed by atoms with E-state index in [2.05, 4.69) is 6.58 Å². The lowest BCUT2D eigenvalue weighted by Gasteiger charge is -2.70. The van der Waals surface area contributed by atoms with Crippen LogP contribution in [0.4, 0.5) is 39.5 Å². The van der Waals surface area contributed by atoms with E-state index in [1.165, 1.54) is 0 Å². The van der Waals surface area contributed by atoms with Gasteiger partial charge in [0.1, 0.15) is 5.60 Å². The average molecular weight is 484 g/mol. The van der Waals surface area contributed by atoms with Crippen molar-refractivity contribution < 1.29 is 59.3 Å². The Hall–Kier alpha value is -1.50. The molecule has 4 aliphatic rings. The van der Waals surface area contributed by atoms with Gasteiger partial charge in [-0.05, 0) is 51.4 Å². The Kier molecular flexibility index (Phi) is 5.14. The van der Waals surface area contributed by atoms with Crippen LogP contribution in [0.25, 0.3) is 0 Å². The Morgan fingerprint density at radius 1 is 0.875 bits per heavy atom. The number of ether oxygens (including phenoxy) is 1. The SMILES string of the molecule is C=CC(=O)OC12CC3CC(C(C)(O)C(F)(F)F)(C1)CC(C(O)(C(F)(F)F)C(F)(F)F)(C3)C2. The molecule has 0 saturated heterocycles. The highest BCUT2D eigenvalue weighted by molar-refractivity contribution is 5.81. The maximum absolute atomic E-state index is 13.8. The van der Waals surface area contributed by atoms with Gasteiger partial charge >= 0.3 is 24.5 Å². The molecule has 0 aromatic rings. The molecule has 0 aromatic carbocycles. The first kappa shape index (κ1) is 25.1.